The van der Waals surface area contributed by atoms with Gasteiger partial charge >= 0.3 is 5.97 Å². The lowest BCUT2D eigenvalue weighted by atomic mass is 10.1. The molecule has 18 heavy (non-hydrogen) atoms. The summed E-state index contributed by atoms with van der Waals surface area (Å²) in [6, 6.07) is 0.0699. The maximum Gasteiger partial charge on any atom is 0.307 e. The van der Waals surface area contributed by atoms with Gasteiger partial charge in [0.1, 0.15) is 0 Å². The first kappa shape index (κ1) is 13.5. The number of morpholine rings is 1. The van der Waals surface area contributed by atoms with Crippen molar-refractivity contribution in [3.8, 4) is 0 Å². The van der Waals surface area contributed by atoms with Crippen LogP contribution in [0.1, 0.15) is 24.3 Å². The predicted molar refractivity (Wildman–Crippen MR) is 68.5 cm³/mol. The number of hydrogen-bond donors (Lipinski definition) is 0. The quantitative estimate of drug-likeness (QED) is 0.758. The first-order valence-corrected chi connectivity index (χ1v) is 7.05. The van der Waals surface area contributed by atoms with E-state index in [1.165, 1.54) is 0 Å². The maximum absolute atomic E-state index is 11.7. The summed E-state index contributed by atoms with van der Waals surface area (Å²) in [6.07, 6.45) is 2.22. The lowest BCUT2D eigenvalue weighted by Crippen LogP contribution is -2.39. The van der Waals surface area contributed by atoms with Gasteiger partial charge in [-0.25, -0.2) is 0 Å². The van der Waals surface area contributed by atoms with Crippen LogP contribution < -0.4 is 0 Å². The summed E-state index contributed by atoms with van der Waals surface area (Å²) in [6.45, 7) is 5.39. The summed E-state index contributed by atoms with van der Waals surface area (Å²) in [5, 5.41) is 0. The summed E-state index contributed by atoms with van der Waals surface area (Å²) in [5.41, 5.74) is 1.80. The third-order valence-electron chi connectivity index (χ3n) is 2.93. The Kier molecular flexibility index (Phi) is 5.10. The fourth-order valence-corrected chi connectivity index (χ4v) is 2.82. The van der Waals surface area contributed by atoms with E-state index >= 15 is 0 Å². The molecule has 0 spiro atoms. The molecule has 1 aromatic heterocycles. The van der Waals surface area contributed by atoms with E-state index in [2.05, 4.69) is 9.88 Å². The van der Waals surface area contributed by atoms with E-state index in [1.54, 1.807) is 16.8 Å². The Hall–Kier alpha value is -0.980. The van der Waals surface area contributed by atoms with Crippen LogP contribution in [0.2, 0.25) is 0 Å². The van der Waals surface area contributed by atoms with Crippen LogP contribution >= 0.6 is 11.3 Å². The molecule has 1 atom stereocenters. The molecule has 1 fully saturated rings. The van der Waals surface area contributed by atoms with Crippen molar-refractivity contribution in [2.45, 2.75) is 19.4 Å². The Bertz CT molecular complexity index is 363. The molecule has 0 aliphatic carbocycles. The average molecular weight is 270 g/mol. The van der Waals surface area contributed by atoms with E-state index in [9.17, 15) is 4.79 Å². The number of carbonyl (C=O) groups excluding carboxylic acids is 1. The van der Waals surface area contributed by atoms with Gasteiger partial charge < -0.3 is 9.47 Å². The van der Waals surface area contributed by atoms with E-state index in [0.29, 0.717) is 13.0 Å². The molecule has 0 N–H and O–H groups in total. The highest BCUT2D eigenvalue weighted by atomic mass is 32.1. The van der Waals surface area contributed by atoms with Gasteiger partial charge in [0.25, 0.3) is 0 Å². The van der Waals surface area contributed by atoms with Gasteiger partial charge in [-0.3, -0.25) is 14.7 Å². The van der Waals surface area contributed by atoms with Crippen LogP contribution in [0.4, 0.5) is 0 Å². The van der Waals surface area contributed by atoms with Crippen LogP contribution in [-0.2, 0) is 14.3 Å². The Morgan fingerprint density at radius 1 is 1.61 bits per heavy atom. The second-order valence-corrected chi connectivity index (χ2v) is 5.00. The fourth-order valence-electron chi connectivity index (χ4n) is 2.07. The first-order valence-electron chi connectivity index (χ1n) is 6.17. The van der Waals surface area contributed by atoms with Crippen LogP contribution in [-0.4, -0.2) is 48.8 Å². The van der Waals surface area contributed by atoms with Gasteiger partial charge in [-0.05, 0) is 6.92 Å². The van der Waals surface area contributed by atoms with Gasteiger partial charge in [-0.1, -0.05) is 0 Å². The number of thiazole rings is 1. The molecule has 5 nitrogen and oxygen atoms in total. The van der Waals surface area contributed by atoms with Crippen LogP contribution in [0.5, 0.6) is 0 Å². The molecule has 1 aromatic rings. The minimum Gasteiger partial charge on any atom is -0.466 e. The number of ether oxygens (including phenoxy) is 2. The molecule has 0 amide bonds. The molecule has 2 heterocycles. The van der Waals surface area contributed by atoms with E-state index in [0.717, 1.165) is 31.2 Å². The second-order valence-electron chi connectivity index (χ2n) is 4.08. The normalized spacial score (nSPS) is 18.5. The number of rotatable bonds is 5. The zero-order valence-electron chi connectivity index (χ0n) is 10.5. The zero-order chi connectivity index (χ0) is 12.8. The van der Waals surface area contributed by atoms with Gasteiger partial charge in [0.2, 0.25) is 0 Å². The highest BCUT2D eigenvalue weighted by Gasteiger charge is 2.26. The third-order valence-corrected chi connectivity index (χ3v) is 3.81. The smallest absolute Gasteiger partial charge is 0.307 e. The first-order chi connectivity index (χ1) is 8.81. The summed E-state index contributed by atoms with van der Waals surface area (Å²) < 4.78 is 10.4. The lowest BCUT2D eigenvalue weighted by molar-refractivity contribution is -0.145. The molecule has 0 saturated carbocycles. The molecular weight excluding hydrogens is 252 g/mol. The number of hydrogen-bond acceptors (Lipinski definition) is 6. The van der Waals surface area contributed by atoms with E-state index in [1.807, 2.05) is 13.1 Å². The van der Waals surface area contributed by atoms with Crippen molar-refractivity contribution in [2.75, 3.05) is 32.9 Å². The average Bonchev–Trinajstić information content (AvgIpc) is 2.91. The van der Waals surface area contributed by atoms with Crippen molar-refractivity contribution >= 4 is 17.3 Å². The van der Waals surface area contributed by atoms with E-state index in [4.69, 9.17) is 9.47 Å². The number of nitrogens with zero attached hydrogens (tertiary/aromatic N) is 2. The summed E-state index contributed by atoms with van der Waals surface area (Å²) in [4.78, 5) is 19.2. The summed E-state index contributed by atoms with van der Waals surface area (Å²) >= 11 is 1.58. The Morgan fingerprint density at radius 3 is 3.00 bits per heavy atom. The zero-order valence-corrected chi connectivity index (χ0v) is 11.3. The van der Waals surface area contributed by atoms with Crippen LogP contribution in [0.3, 0.4) is 0 Å². The number of carbonyl (C=O) groups is 1. The van der Waals surface area contributed by atoms with Crippen LogP contribution in [0, 0.1) is 0 Å². The minimum absolute atomic E-state index is 0.0699. The number of aromatic nitrogens is 1. The van der Waals surface area contributed by atoms with Gasteiger partial charge in [0, 0.05) is 24.2 Å². The number of esters is 1. The van der Waals surface area contributed by atoms with Crippen LogP contribution in [0.15, 0.2) is 11.7 Å². The lowest BCUT2D eigenvalue weighted by Gasteiger charge is -2.33. The van der Waals surface area contributed by atoms with Gasteiger partial charge in [0.05, 0.1) is 37.8 Å². The maximum atomic E-state index is 11.7. The van der Waals surface area contributed by atoms with Crippen LogP contribution in [0.25, 0.3) is 0 Å². The fraction of sp³-hybridized carbons (Fsp3) is 0.667. The van der Waals surface area contributed by atoms with Crippen molar-refractivity contribution in [3.63, 3.8) is 0 Å². The van der Waals surface area contributed by atoms with E-state index < -0.39 is 0 Å². The second kappa shape index (κ2) is 6.82. The third kappa shape index (κ3) is 3.51. The molecule has 1 aliphatic rings. The molecule has 2 rings (SSSR count). The van der Waals surface area contributed by atoms with Crippen molar-refractivity contribution in [1.82, 2.24) is 9.88 Å². The van der Waals surface area contributed by atoms with Gasteiger partial charge in [-0.15, -0.1) is 11.3 Å². The predicted octanol–water partition coefficient (Wildman–Crippen LogP) is 1.47. The topological polar surface area (TPSA) is 51.7 Å². The molecule has 1 aliphatic heterocycles. The summed E-state index contributed by atoms with van der Waals surface area (Å²) in [7, 11) is 0. The molecule has 6 heteroatoms. The molecule has 1 unspecified atom stereocenters. The standard InChI is InChI=1S/C12H18N2O3S/c1-2-17-12(15)7-10(11-8-13-9-18-11)14-3-5-16-6-4-14/h8-10H,2-7H2,1H3. The largest absolute Gasteiger partial charge is 0.466 e. The van der Waals surface area contributed by atoms with Crippen molar-refractivity contribution in [3.05, 3.63) is 16.6 Å². The van der Waals surface area contributed by atoms with E-state index in [-0.39, 0.29) is 12.0 Å². The van der Waals surface area contributed by atoms with Crippen molar-refractivity contribution in [1.29, 1.82) is 0 Å². The van der Waals surface area contributed by atoms with Gasteiger partial charge in [0.15, 0.2) is 0 Å². The Balaban J connectivity index is 2.05. The molecule has 0 aromatic carbocycles. The summed E-state index contributed by atoms with van der Waals surface area (Å²) in [5.74, 6) is -0.151. The monoisotopic (exact) mass is 270 g/mol. The molecule has 1 saturated heterocycles. The molecule has 100 valence electrons. The minimum atomic E-state index is -0.151. The Labute approximate surface area is 111 Å². The Morgan fingerprint density at radius 2 is 2.39 bits per heavy atom. The molecular formula is C12H18N2O3S. The van der Waals surface area contributed by atoms with Crippen molar-refractivity contribution < 1.29 is 14.3 Å². The SMILES string of the molecule is CCOC(=O)CC(c1cncs1)N1CCOCC1. The highest BCUT2D eigenvalue weighted by Crippen LogP contribution is 2.28. The molecule has 0 bridgehead atoms. The van der Waals surface area contributed by atoms with Gasteiger partial charge in [-0.2, -0.15) is 0 Å². The highest BCUT2D eigenvalue weighted by molar-refractivity contribution is 7.09. The molecule has 0 radical (unpaired) electrons. The van der Waals surface area contributed by atoms with Crippen molar-refractivity contribution in [2.24, 2.45) is 0 Å².